The minimum absolute atomic E-state index is 0.565. The Kier molecular flexibility index (Phi) is 2.15. The molecule has 2 aromatic carbocycles. The first-order valence-electron chi connectivity index (χ1n) is 5.42. The largest absolute Gasteiger partial charge is 0.488 e. The number of rotatable bonds is 1. The molecule has 0 aromatic heterocycles. The quantitative estimate of drug-likeness (QED) is 0.787. The van der Waals surface area contributed by atoms with Gasteiger partial charge in [-0.1, -0.05) is 30.3 Å². The second-order valence-corrected chi connectivity index (χ2v) is 3.98. The van der Waals surface area contributed by atoms with E-state index >= 15 is 0 Å². The van der Waals surface area contributed by atoms with Gasteiger partial charge in [0.2, 0.25) is 0 Å². The summed E-state index contributed by atoms with van der Waals surface area (Å²) < 4.78 is 5.71. The predicted molar refractivity (Wildman–Crippen MR) is 64.1 cm³/mol. The van der Waals surface area contributed by atoms with Crippen molar-refractivity contribution in [1.82, 2.24) is 0 Å². The predicted octanol–water partition coefficient (Wildman–Crippen LogP) is 2.70. The van der Waals surface area contributed by atoms with Crippen molar-refractivity contribution < 1.29 is 4.74 Å². The van der Waals surface area contributed by atoms with Crippen LogP contribution in [-0.2, 0) is 13.2 Å². The van der Waals surface area contributed by atoms with Gasteiger partial charge in [0.25, 0.3) is 0 Å². The van der Waals surface area contributed by atoms with Crippen molar-refractivity contribution in [1.29, 1.82) is 0 Å². The standard InChI is InChI=1S/C14H13NO/c15-8-10-5-6-14-13(7-10)12-4-2-1-3-11(12)9-16-14/h1-7H,8-9,15H2. The van der Waals surface area contributed by atoms with Crippen molar-refractivity contribution in [2.24, 2.45) is 5.73 Å². The molecule has 0 unspecified atom stereocenters. The molecule has 2 heteroatoms. The highest BCUT2D eigenvalue weighted by atomic mass is 16.5. The topological polar surface area (TPSA) is 35.2 Å². The molecule has 0 saturated carbocycles. The minimum Gasteiger partial charge on any atom is -0.488 e. The van der Waals surface area contributed by atoms with Gasteiger partial charge in [-0.3, -0.25) is 0 Å². The summed E-state index contributed by atoms with van der Waals surface area (Å²) in [6.45, 7) is 1.22. The van der Waals surface area contributed by atoms with Crippen LogP contribution in [0, 0.1) is 0 Å². The van der Waals surface area contributed by atoms with Crippen LogP contribution in [0.3, 0.4) is 0 Å². The van der Waals surface area contributed by atoms with Crippen LogP contribution in [-0.4, -0.2) is 0 Å². The SMILES string of the molecule is NCc1ccc2c(c1)-c1ccccc1CO2. The van der Waals surface area contributed by atoms with Gasteiger partial charge >= 0.3 is 0 Å². The van der Waals surface area contributed by atoms with Crippen molar-refractivity contribution in [2.45, 2.75) is 13.2 Å². The van der Waals surface area contributed by atoms with Gasteiger partial charge in [0.1, 0.15) is 12.4 Å². The molecule has 0 amide bonds. The molecule has 0 bridgehead atoms. The third kappa shape index (κ3) is 1.39. The number of hydrogen-bond acceptors (Lipinski definition) is 2. The van der Waals surface area contributed by atoms with Crippen LogP contribution in [0.15, 0.2) is 42.5 Å². The number of fused-ring (bicyclic) bond motifs is 3. The second-order valence-electron chi connectivity index (χ2n) is 3.98. The molecule has 2 aromatic rings. The first kappa shape index (κ1) is 9.43. The Hall–Kier alpha value is -1.80. The van der Waals surface area contributed by atoms with Crippen LogP contribution in [0.4, 0.5) is 0 Å². The summed E-state index contributed by atoms with van der Waals surface area (Å²) in [5.74, 6) is 0.955. The second kappa shape index (κ2) is 3.65. The molecular formula is C14H13NO. The first-order chi connectivity index (χ1) is 7.88. The molecule has 0 aliphatic carbocycles. The molecule has 1 aliphatic heterocycles. The molecule has 80 valence electrons. The molecule has 1 aliphatic rings. The van der Waals surface area contributed by atoms with Gasteiger partial charge in [-0.2, -0.15) is 0 Å². The molecule has 0 radical (unpaired) electrons. The zero-order valence-corrected chi connectivity index (χ0v) is 8.94. The molecule has 0 saturated heterocycles. The molecule has 0 spiro atoms. The zero-order chi connectivity index (χ0) is 11.0. The van der Waals surface area contributed by atoms with E-state index in [2.05, 4.69) is 24.3 Å². The summed E-state index contributed by atoms with van der Waals surface area (Å²) in [6.07, 6.45) is 0. The smallest absolute Gasteiger partial charge is 0.127 e. The van der Waals surface area contributed by atoms with Gasteiger partial charge in [-0.25, -0.2) is 0 Å². The average Bonchev–Trinajstić information content (AvgIpc) is 2.38. The monoisotopic (exact) mass is 211 g/mol. The zero-order valence-electron chi connectivity index (χ0n) is 8.94. The van der Waals surface area contributed by atoms with Crippen molar-refractivity contribution in [3.63, 3.8) is 0 Å². The van der Waals surface area contributed by atoms with E-state index in [-0.39, 0.29) is 0 Å². The highest BCUT2D eigenvalue weighted by Gasteiger charge is 2.16. The molecule has 3 rings (SSSR count). The molecule has 0 fully saturated rings. The number of ether oxygens (including phenoxy) is 1. The molecule has 2 N–H and O–H groups in total. The summed E-state index contributed by atoms with van der Waals surface area (Å²) in [5.41, 5.74) is 10.5. The molecular weight excluding hydrogens is 198 g/mol. The van der Waals surface area contributed by atoms with E-state index in [1.807, 2.05) is 18.2 Å². The fraction of sp³-hybridized carbons (Fsp3) is 0.143. The van der Waals surface area contributed by atoms with Gasteiger partial charge < -0.3 is 10.5 Å². The van der Waals surface area contributed by atoms with E-state index in [4.69, 9.17) is 10.5 Å². The Balaban J connectivity index is 2.22. The van der Waals surface area contributed by atoms with Crippen LogP contribution in [0.25, 0.3) is 11.1 Å². The van der Waals surface area contributed by atoms with Gasteiger partial charge in [0.05, 0.1) is 0 Å². The van der Waals surface area contributed by atoms with Gasteiger partial charge in [0.15, 0.2) is 0 Å². The van der Waals surface area contributed by atoms with Crippen LogP contribution in [0.5, 0.6) is 5.75 Å². The van der Waals surface area contributed by atoms with Crippen LogP contribution in [0.2, 0.25) is 0 Å². The van der Waals surface area contributed by atoms with E-state index in [0.29, 0.717) is 13.2 Å². The highest BCUT2D eigenvalue weighted by molar-refractivity contribution is 5.75. The van der Waals surface area contributed by atoms with Crippen molar-refractivity contribution >= 4 is 0 Å². The highest BCUT2D eigenvalue weighted by Crippen LogP contribution is 2.37. The Morgan fingerprint density at radius 3 is 2.81 bits per heavy atom. The van der Waals surface area contributed by atoms with E-state index in [9.17, 15) is 0 Å². The fourth-order valence-electron chi connectivity index (χ4n) is 2.10. The lowest BCUT2D eigenvalue weighted by Gasteiger charge is -2.21. The number of nitrogens with two attached hydrogens (primary N) is 1. The van der Waals surface area contributed by atoms with Gasteiger partial charge in [0, 0.05) is 12.1 Å². The number of hydrogen-bond donors (Lipinski definition) is 1. The van der Waals surface area contributed by atoms with Crippen LogP contribution in [0.1, 0.15) is 11.1 Å². The maximum atomic E-state index is 5.71. The molecule has 16 heavy (non-hydrogen) atoms. The van der Waals surface area contributed by atoms with E-state index in [0.717, 1.165) is 16.9 Å². The lowest BCUT2D eigenvalue weighted by molar-refractivity contribution is 0.302. The maximum Gasteiger partial charge on any atom is 0.127 e. The van der Waals surface area contributed by atoms with Gasteiger partial charge in [-0.15, -0.1) is 0 Å². The Bertz CT molecular complexity index is 534. The Labute approximate surface area is 94.7 Å². The lowest BCUT2D eigenvalue weighted by atomic mass is 9.95. The molecule has 0 atom stereocenters. The third-order valence-electron chi connectivity index (χ3n) is 2.97. The summed E-state index contributed by atoms with van der Waals surface area (Å²) in [7, 11) is 0. The number of benzene rings is 2. The summed E-state index contributed by atoms with van der Waals surface area (Å²) in [5, 5.41) is 0. The Morgan fingerprint density at radius 1 is 1.06 bits per heavy atom. The van der Waals surface area contributed by atoms with Crippen LogP contribution >= 0.6 is 0 Å². The van der Waals surface area contributed by atoms with Crippen LogP contribution < -0.4 is 10.5 Å². The average molecular weight is 211 g/mol. The maximum absolute atomic E-state index is 5.71. The fourth-order valence-corrected chi connectivity index (χ4v) is 2.10. The third-order valence-corrected chi connectivity index (χ3v) is 2.97. The lowest BCUT2D eigenvalue weighted by Crippen LogP contribution is -2.06. The van der Waals surface area contributed by atoms with E-state index < -0.39 is 0 Å². The van der Waals surface area contributed by atoms with E-state index in [1.165, 1.54) is 11.1 Å². The van der Waals surface area contributed by atoms with Gasteiger partial charge in [-0.05, 0) is 28.8 Å². The normalized spacial score (nSPS) is 12.6. The summed E-state index contributed by atoms with van der Waals surface area (Å²) in [6, 6.07) is 14.5. The van der Waals surface area contributed by atoms with E-state index in [1.54, 1.807) is 0 Å². The Morgan fingerprint density at radius 2 is 1.94 bits per heavy atom. The van der Waals surface area contributed by atoms with Crippen molar-refractivity contribution in [2.75, 3.05) is 0 Å². The minimum atomic E-state index is 0.565. The summed E-state index contributed by atoms with van der Waals surface area (Å²) in [4.78, 5) is 0. The molecule has 1 heterocycles. The van der Waals surface area contributed by atoms with Crippen molar-refractivity contribution in [3.05, 3.63) is 53.6 Å². The molecule has 2 nitrogen and oxygen atoms in total. The van der Waals surface area contributed by atoms with Crippen molar-refractivity contribution in [3.8, 4) is 16.9 Å². The summed E-state index contributed by atoms with van der Waals surface area (Å²) >= 11 is 0. The first-order valence-corrected chi connectivity index (χ1v) is 5.42.